The van der Waals surface area contributed by atoms with Gasteiger partial charge in [-0.15, -0.1) is 0 Å². The fourth-order valence-electron chi connectivity index (χ4n) is 7.00. The first-order chi connectivity index (χ1) is 33.5. The maximum Gasteiger partial charge on any atom is 0.306 e. The number of unbranched alkanes of at least 4 members (excludes halogenated alkanes) is 18. The molecular formula is C62H100O6. The van der Waals surface area contributed by atoms with Crippen molar-refractivity contribution in [1.29, 1.82) is 0 Å². The molecule has 384 valence electrons. The Bertz CT molecular complexity index is 1450. The van der Waals surface area contributed by atoms with Gasteiger partial charge in [-0.3, -0.25) is 14.4 Å². The number of ether oxygens (including phenoxy) is 3. The van der Waals surface area contributed by atoms with E-state index >= 15 is 0 Å². The maximum atomic E-state index is 12.8. The van der Waals surface area contributed by atoms with Gasteiger partial charge >= 0.3 is 17.9 Å². The van der Waals surface area contributed by atoms with Gasteiger partial charge in [0.1, 0.15) is 13.2 Å². The largest absolute Gasteiger partial charge is 0.462 e. The second-order valence-corrected chi connectivity index (χ2v) is 17.8. The molecule has 0 saturated carbocycles. The molecule has 0 aromatic rings. The van der Waals surface area contributed by atoms with Gasteiger partial charge in [-0.1, -0.05) is 213 Å². The van der Waals surface area contributed by atoms with Crippen molar-refractivity contribution in [2.75, 3.05) is 13.2 Å². The molecule has 0 fully saturated rings. The smallest absolute Gasteiger partial charge is 0.306 e. The number of hydrogen-bond donors (Lipinski definition) is 0. The van der Waals surface area contributed by atoms with Gasteiger partial charge in [0.05, 0.1) is 0 Å². The summed E-state index contributed by atoms with van der Waals surface area (Å²) in [4.78, 5) is 38.0. The van der Waals surface area contributed by atoms with Crippen LogP contribution in [-0.4, -0.2) is 37.2 Å². The van der Waals surface area contributed by atoms with Crippen molar-refractivity contribution in [1.82, 2.24) is 0 Å². The predicted octanol–water partition coefficient (Wildman–Crippen LogP) is 18.5. The molecule has 0 aliphatic rings. The zero-order valence-electron chi connectivity index (χ0n) is 43.8. The zero-order chi connectivity index (χ0) is 49.3. The third-order valence-electron chi connectivity index (χ3n) is 11.2. The first kappa shape index (κ1) is 63.8. The van der Waals surface area contributed by atoms with Crippen LogP contribution in [0.4, 0.5) is 0 Å². The minimum Gasteiger partial charge on any atom is -0.462 e. The summed E-state index contributed by atoms with van der Waals surface area (Å²) in [5.41, 5.74) is 0. The maximum absolute atomic E-state index is 12.8. The second kappa shape index (κ2) is 55.4. The van der Waals surface area contributed by atoms with E-state index in [1.807, 2.05) is 0 Å². The summed E-state index contributed by atoms with van der Waals surface area (Å²) >= 11 is 0. The minimum absolute atomic E-state index is 0.134. The number of carbonyl (C=O) groups excluding carboxylic acids is 3. The van der Waals surface area contributed by atoms with Gasteiger partial charge in [0, 0.05) is 19.3 Å². The summed E-state index contributed by atoms with van der Waals surface area (Å²) in [5, 5.41) is 0. The highest BCUT2D eigenvalue weighted by Crippen LogP contribution is 2.11. The van der Waals surface area contributed by atoms with Gasteiger partial charge in [0.2, 0.25) is 0 Å². The van der Waals surface area contributed by atoms with Crippen LogP contribution in [-0.2, 0) is 28.6 Å². The fourth-order valence-corrected chi connectivity index (χ4v) is 7.00. The van der Waals surface area contributed by atoms with Crippen molar-refractivity contribution in [3.05, 3.63) is 122 Å². The van der Waals surface area contributed by atoms with Crippen LogP contribution in [0.1, 0.15) is 233 Å². The van der Waals surface area contributed by atoms with E-state index in [4.69, 9.17) is 14.2 Å². The van der Waals surface area contributed by atoms with Gasteiger partial charge in [0.25, 0.3) is 0 Å². The first-order valence-electron chi connectivity index (χ1n) is 27.6. The molecule has 0 N–H and O–H groups in total. The quantitative estimate of drug-likeness (QED) is 0.0199. The zero-order valence-corrected chi connectivity index (χ0v) is 43.8. The monoisotopic (exact) mass is 941 g/mol. The average molecular weight is 941 g/mol. The number of allylic oxidation sites excluding steroid dienone is 20. The van der Waals surface area contributed by atoms with Crippen LogP contribution in [0.15, 0.2) is 122 Å². The van der Waals surface area contributed by atoms with Gasteiger partial charge in [0.15, 0.2) is 6.10 Å². The highest BCUT2D eigenvalue weighted by atomic mass is 16.6. The Morgan fingerprint density at radius 2 is 0.588 bits per heavy atom. The van der Waals surface area contributed by atoms with E-state index in [0.29, 0.717) is 19.3 Å². The van der Waals surface area contributed by atoms with Crippen molar-refractivity contribution in [2.24, 2.45) is 0 Å². The van der Waals surface area contributed by atoms with E-state index in [2.05, 4.69) is 142 Å². The lowest BCUT2D eigenvalue weighted by Gasteiger charge is -2.18. The Morgan fingerprint density at radius 3 is 1.00 bits per heavy atom. The third kappa shape index (κ3) is 52.8. The van der Waals surface area contributed by atoms with Crippen LogP contribution in [0.5, 0.6) is 0 Å². The van der Waals surface area contributed by atoms with Crippen LogP contribution in [0.2, 0.25) is 0 Å². The predicted molar refractivity (Wildman–Crippen MR) is 293 cm³/mol. The molecule has 0 aromatic carbocycles. The fraction of sp³-hybridized carbons (Fsp3) is 0.629. The molecule has 0 saturated heterocycles. The Hall–Kier alpha value is -4.19. The van der Waals surface area contributed by atoms with E-state index in [-0.39, 0.29) is 44.0 Å². The molecule has 0 rings (SSSR count). The SMILES string of the molecule is CCCCC/C=C\C/C=C\C/C=C\C/C=C\CCCC(=O)OCC(COC(=O)CCCCC/C=C\C=C/CCCCCCCCC)OC(=O)CCC/C=C\C/C=C\C/C=C\C/C=C\CCCCC. The molecule has 1 unspecified atom stereocenters. The van der Waals surface area contributed by atoms with Gasteiger partial charge in [-0.05, 0) is 122 Å². The topological polar surface area (TPSA) is 78.9 Å². The molecule has 1 atom stereocenters. The van der Waals surface area contributed by atoms with Crippen LogP contribution in [0.3, 0.4) is 0 Å². The third-order valence-corrected chi connectivity index (χ3v) is 11.2. The Labute approximate surface area is 418 Å². The van der Waals surface area contributed by atoms with Crippen LogP contribution >= 0.6 is 0 Å². The standard InChI is InChI=1S/C62H100O6/c1-4-7-10-13-16-19-22-25-28-31-34-37-40-43-46-49-52-55-61(64)67-58-59(57-66-60(63)54-51-48-45-42-39-36-33-30-27-24-21-18-15-12-9-6-3)68-62(65)56-53-50-47-44-41-38-35-32-29-26-23-20-17-14-11-8-5-2/h16-17,19-20,25-26,28-30,33-39,43-44,46-47,59H,4-15,18,21-24,27,31-32,40-42,45,48-58H2,1-3H3/b19-16-,20-17-,28-25-,29-26-,33-30-,37-34-,38-35-,39-36-,46-43-,47-44-. The van der Waals surface area contributed by atoms with E-state index in [1.165, 1.54) is 96.3 Å². The Morgan fingerprint density at radius 1 is 0.309 bits per heavy atom. The molecule has 0 heterocycles. The summed E-state index contributed by atoms with van der Waals surface area (Å²) in [6.07, 6.45) is 76.2. The molecule has 0 radical (unpaired) electrons. The number of carbonyl (C=O) groups is 3. The van der Waals surface area contributed by atoms with Crippen molar-refractivity contribution in [3.63, 3.8) is 0 Å². The number of rotatable bonds is 48. The second-order valence-electron chi connectivity index (χ2n) is 17.8. The van der Waals surface area contributed by atoms with Crippen LogP contribution < -0.4 is 0 Å². The van der Waals surface area contributed by atoms with Crippen molar-refractivity contribution in [2.45, 2.75) is 239 Å². The van der Waals surface area contributed by atoms with Crippen LogP contribution in [0, 0.1) is 0 Å². The van der Waals surface area contributed by atoms with Crippen molar-refractivity contribution in [3.8, 4) is 0 Å². The molecule has 0 aliphatic carbocycles. The summed E-state index contributed by atoms with van der Waals surface area (Å²) in [5.74, 6) is -1.08. The lowest BCUT2D eigenvalue weighted by Crippen LogP contribution is -2.30. The van der Waals surface area contributed by atoms with Gasteiger partial charge in [-0.25, -0.2) is 0 Å². The van der Waals surface area contributed by atoms with E-state index < -0.39 is 6.10 Å². The lowest BCUT2D eigenvalue weighted by molar-refractivity contribution is -0.167. The minimum atomic E-state index is -0.843. The van der Waals surface area contributed by atoms with Crippen molar-refractivity contribution >= 4 is 17.9 Å². The normalized spacial score (nSPS) is 13.0. The summed E-state index contributed by atoms with van der Waals surface area (Å²) in [7, 11) is 0. The summed E-state index contributed by atoms with van der Waals surface area (Å²) < 4.78 is 16.7. The summed E-state index contributed by atoms with van der Waals surface area (Å²) in [6.45, 7) is 6.45. The van der Waals surface area contributed by atoms with Gasteiger partial charge in [-0.2, -0.15) is 0 Å². The van der Waals surface area contributed by atoms with E-state index in [9.17, 15) is 14.4 Å². The number of esters is 3. The highest BCUT2D eigenvalue weighted by Gasteiger charge is 2.19. The van der Waals surface area contributed by atoms with Crippen LogP contribution in [0.25, 0.3) is 0 Å². The van der Waals surface area contributed by atoms with E-state index in [1.54, 1.807) is 0 Å². The average Bonchev–Trinajstić information content (AvgIpc) is 3.34. The molecule has 0 spiro atoms. The lowest BCUT2D eigenvalue weighted by atomic mass is 10.1. The molecule has 0 amide bonds. The summed E-state index contributed by atoms with van der Waals surface area (Å²) in [6, 6.07) is 0. The van der Waals surface area contributed by atoms with E-state index in [0.717, 1.165) is 83.5 Å². The molecule has 0 bridgehead atoms. The van der Waals surface area contributed by atoms with Crippen molar-refractivity contribution < 1.29 is 28.6 Å². The molecule has 68 heavy (non-hydrogen) atoms. The highest BCUT2D eigenvalue weighted by molar-refractivity contribution is 5.71. The molecule has 6 nitrogen and oxygen atoms in total. The van der Waals surface area contributed by atoms with Gasteiger partial charge < -0.3 is 14.2 Å². The Balaban J connectivity index is 4.63. The Kier molecular flexibility index (Phi) is 52.0. The first-order valence-corrected chi connectivity index (χ1v) is 27.6. The molecule has 0 aromatic heterocycles. The number of hydrogen-bond acceptors (Lipinski definition) is 6. The molecule has 6 heteroatoms. The molecular weight excluding hydrogens is 841 g/mol. The molecule has 0 aliphatic heterocycles.